The number of allylic oxidation sites excluding steroid dienone is 7. The minimum absolute atomic E-state index is 0.0636. The largest absolute Gasteiger partial charge is 0.507 e. The molecule has 0 amide bonds. The fraction of sp³-hybridized carbons (Fsp3) is 0.400. The summed E-state index contributed by atoms with van der Waals surface area (Å²) < 4.78 is 2.46. The minimum Gasteiger partial charge on any atom is -0.507 e. The van der Waals surface area contributed by atoms with E-state index < -0.39 is 0 Å². The molecular weight excluding hydrogens is 464 g/mol. The molecule has 3 heteroatoms. The number of aliphatic hydroxyl groups excluding tert-OH is 1. The van der Waals surface area contributed by atoms with Crippen LogP contribution in [-0.2, 0) is 10.8 Å². The Morgan fingerprint density at radius 1 is 0.842 bits per heavy atom. The summed E-state index contributed by atoms with van der Waals surface area (Å²) in [4.78, 5) is 2.46. The average Bonchev–Trinajstić information content (AvgIpc) is 3.43. The van der Waals surface area contributed by atoms with Gasteiger partial charge in [0.2, 0.25) is 5.69 Å². The molecule has 0 aromatic heterocycles. The summed E-state index contributed by atoms with van der Waals surface area (Å²) in [7, 11) is 0. The minimum atomic E-state index is -0.0636. The van der Waals surface area contributed by atoms with Gasteiger partial charge in [0, 0.05) is 47.5 Å². The van der Waals surface area contributed by atoms with Crippen molar-refractivity contribution in [1.82, 2.24) is 0 Å². The second-order valence-electron chi connectivity index (χ2n) is 11.9. The van der Waals surface area contributed by atoms with Crippen molar-refractivity contribution in [2.45, 2.75) is 78.1 Å². The van der Waals surface area contributed by atoms with E-state index in [-0.39, 0.29) is 10.8 Å². The Bertz CT molecular complexity index is 1400. The van der Waals surface area contributed by atoms with Crippen LogP contribution in [0.25, 0.3) is 0 Å². The van der Waals surface area contributed by atoms with Crippen molar-refractivity contribution in [3.63, 3.8) is 0 Å². The van der Waals surface area contributed by atoms with Crippen molar-refractivity contribution in [2.24, 2.45) is 0 Å². The molecule has 1 N–H and O–H groups in total. The Hall–Kier alpha value is -3.33. The van der Waals surface area contributed by atoms with E-state index in [0.29, 0.717) is 5.76 Å². The lowest BCUT2D eigenvalue weighted by Gasteiger charge is -2.26. The number of para-hydroxylation sites is 2. The zero-order chi connectivity index (χ0) is 27.1. The summed E-state index contributed by atoms with van der Waals surface area (Å²) in [6.07, 6.45) is 12.7. The second-order valence-corrected chi connectivity index (χ2v) is 11.9. The highest BCUT2D eigenvalue weighted by Crippen LogP contribution is 2.48. The maximum Gasteiger partial charge on any atom is 0.209 e. The quantitative estimate of drug-likeness (QED) is 0.380. The third-order valence-electron chi connectivity index (χ3n) is 8.65. The molecule has 0 spiro atoms. The zero-order valence-corrected chi connectivity index (χ0v) is 24.0. The predicted octanol–water partition coefficient (Wildman–Crippen LogP) is 8.65. The molecule has 1 aliphatic carbocycles. The lowest BCUT2D eigenvalue weighted by Crippen LogP contribution is -2.27. The molecule has 0 radical (unpaired) electrons. The highest BCUT2D eigenvalue weighted by atomic mass is 16.3. The van der Waals surface area contributed by atoms with Gasteiger partial charge in [0.1, 0.15) is 12.3 Å². The molecule has 2 heterocycles. The number of rotatable bonds is 7. The molecule has 0 fully saturated rings. The van der Waals surface area contributed by atoms with Crippen molar-refractivity contribution in [3.8, 4) is 0 Å². The van der Waals surface area contributed by atoms with Gasteiger partial charge < -0.3 is 10.0 Å². The van der Waals surface area contributed by atoms with Crippen molar-refractivity contribution in [2.75, 3.05) is 18.0 Å². The molecule has 198 valence electrons. The van der Waals surface area contributed by atoms with Gasteiger partial charge in [-0.25, -0.2) is 0 Å². The molecule has 5 rings (SSSR count). The molecule has 2 aromatic carbocycles. The Kier molecular flexibility index (Phi) is 6.98. The molecule has 2 aromatic rings. The first kappa shape index (κ1) is 26.3. The van der Waals surface area contributed by atoms with E-state index in [1.165, 1.54) is 33.9 Å². The summed E-state index contributed by atoms with van der Waals surface area (Å²) in [6.45, 7) is 15.7. The third kappa shape index (κ3) is 4.26. The lowest BCUT2D eigenvalue weighted by atomic mass is 9.81. The number of hydrogen-bond donors (Lipinski definition) is 1. The normalized spacial score (nSPS) is 21.9. The fourth-order valence-corrected chi connectivity index (χ4v) is 6.61. The summed E-state index contributed by atoms with van der Waals surface area (Å²) >= 11 is 0. The first-order chi connectivity index (χ1) is 18.2. The maximum absolute atomic E-state index is 11.2. The fourth-order valence-electron chi connectivity index (χ4n) is 6.61. The van der Waals surface area contributed by atoms with Crippen LogP contribution in [0.2, 0.25) is 0 Å². The van der Waals surface area contributed by atoms with Crippen LogP contribution in [0.1, 0.15) is 78.4 Å². The van der Waals surface area contributed by atoms with Gasteiger partial charge in [-0.2, -0.15) is 4.58 Å². The Balaban J connectivity index is 1.46. The second kappa shape index (κ2) is 10.1. The first-order valence-corrected chi connectivity index (χ1v) is 14.3. The van der Waals surface area contributed by atoms with E-state index in [9.17, 15) is 5.11 Å². The summed E-state index contributed by atoms with van der Waals surface area (Å²) in [5, 5.41) is 11.2. The number of anilines is 1. The van der Waals surface area contributed by atoms with Crippen molar-refractivity contribution < 1.29 is 9.68 Å². The van der Waals surface area contributed by atoms with Gasteiger partial charge in [0.05, 0.1) is 5.41 Å². The summed E-state index contributed by atoms with van der Waals surface area (Å²) in [5.74, 6) is 0.449. The highest BCUT2D eigenvalue weighted by Gasteiger charge is 2.44. The lowest BCUT2D eigenvalue weighted by molar-refractivity contribution is -0.437. The molecule has 3 aliphatic rings. The molecule has 3 nitrogen and oxygen atoms in total. The van der Waals surface area contributed by atoms with E-state index in [1.54, 1.807) is 0 Å². The van der Waals surface area contributed by atoms with Crippen molar-refractivity contribution in [3.05, 3.63) is 107 Å². The molecule has 0 atom stereocenters. The van der Waals surface area contributed by atoms with E-state index in [4.69, 9.17) is 0 Å². The van der Waals surface area contributed by atoms with Crippen molar-refractivity contribution >= 4 is 17.1 Å². The van der Waals surface area contributed by atoms with E-state index in [2.05, 4.69) is 124 Å². The van der Waals surface area contributed by atoms with Crippen LogP contribution >= 0.6 is 0 Å². The SMILES string of the molecule is CCCN1C(=CC=C2CCC(C=CC3=[N+](CCC)c4ccccc4C3(C)C)=C2O)C(C)(C)c2ccccc21. The van der Waals surface area contributed by atoms with Crippen LogP contribution in [0.4, 0.5) is 11.4 Å². The van der Waals surface area contributed by atoms with E-state index in [0.717, 1.165) is 49.9 Å². The number of benzene rings is 2. The van der Waals surface area contributed by atoms with Gasteiger partial charge in [-0.15, -0.1) is 0 Å². The Labute approximate surface area is 229 Å². The van der Waals surface area contributed by atoms with E-state index >= 15 is 0 Å². The number of fused-ring (bicyclic) bond motifs is 2. The molecule has 0 unspecified atom stereocenters. The molecule has 38 heavy (non-hydrogen) atoms. The van der Waals surface area contributed by atoms with Gasteiger partial charge >= 0.3 is 0 Å². The Morgan fingerprint density at radius 3 is 2.29 bits per heavy atom. The first-order valence-electron chi connectivity index (χ1n) is 14.3. The van der Waals surface area contributed by atoms with E-state index in [1.807, 2.05) is 0 Å². The van der Waals surface area contributed by atoms with Crippen LogP contribution in [0, 0.1) is 0 Å². The van der Waals surface area contributed by atoms with Crippen molar-refractivity contribution in [1.29, 1.82) is 0 Å². The van der Waals surface area contributed by atoms with Gasteiger partial charge in [0.15, 0.2) is 5.71 Å². The van der Waals surface area contributed by atoms with Gasteiger partial charge in [0.25, 0.3) is 0 Å². The van der Waals surface area contributed by atoms with Crippen LogP contribution in [-0.4, -0.2) is 28.5 Å². The van der Waals surface area contributed by atoms with Crippen LogP contribution in [0.5, 0.6) is 0 Å². The monoisotopic (exact) mass is 507 g/mol. The van der Waals surface area contributed by atoms with Gasteiger partial charge in [-0.1, -0.05) is 70.2 Å². The third-order valence-corrected chi connectivity index (χ3v) is 8.65. The topological polar surface area (TPSA) is 26.5 Å². The summed E-state index contributed by atoms with van der Waals surface area (Å²) in [5.41, 5.74) is 9.93. The molecule has 0 bridgehead atoms. The molecule has 0 saturated carbocycles. The smallest absolute Gasteiger partial charge is 0.209 e. The number of hydrogen-bond acceptors (Lipinski definition) is 2. The zero-order valence-electron chi connectivity index (χ0n) is 24.0. The highest BCUT2D eigenvalue weighted by molar-refractivity contribution is 6.03. The summed E-state index contributed by atoms with van der Waals surface area (Å²) in [6, 6.07) is 17.5. The maximum atomic E-state index is 11.2. The van der Waals surface area contributed by atoms with Gasteiger partial charge in [-0.05, 0) is 68.0 Å². The molecule has 2 aliphatic heterocycles. The standard InChI is InChI=1S/C35H42N2O/c1-7-23-36-29-15-11-9-13-27(29)34(3,4)31(36)21-19-25-17-18-26(33(25)38)20-22-32-35(5,6)28-14-10-12-16-30(28)37(32)24-8-2/h9-16,19-22H,7-8,17-18,23-24H2,1-6H3/p+1. The number of nitrogens with zero attached hydrogens (tertiary/aromatic N) is 2. The molecule has 0 saturated heterocycles. The van der Waals surface area contributed by atoms with Crippen LogP contribution < -0.4 is 4.90 Å². The average molecular weight is 508 g/mol. The predicted molar refractivity (Wildman–Crippen MR) is 161 cm³/mol. The van der Waals surface area contributed by atoms with Crippen LogP contribution in [0.15, 0.2) is 95.4 Å². The number of aliphatic hydroxyl groups is 1. The Morgan fingerprint density at radius 2 is 1.55 bits per heavy atom. The molecular formula is C35H43N2O+. The van der Waals surface area contributed by atoms with Crippen LogP contribution in [0.3, 0.4) is 0 Å². The van der Waals surface area contributed by atoms with Gasteiger partial charge in [-0.3, -0.25) is 0 Å².